The first-order chi connectivity index (χ1) is 18.3. The Balaban J connectivity index is 1.21. The fraction of sp³-hybridized carbons (Fsp3) is 0.370. The van der Waals surface area contributed by atoms with Crippen molar-refractivity contribution in [2.75, 3.05) is 49.6 Å². The number of carbonyl (C=O) groups excluding carboxylic acids is 2. The Morgan fingerprint density at radius 3 is 2.39 bits per heavy atom. The topological polar surface area (TPSA) is 74.8 Å². The van der Waals surface area contributed by atoms with E-state index in [2.05, 4.69) is 15.2 Å². The van der Waals surface area contributed by atoms with E-state index in [1.54, 1.807) is 5.38 Å². The third kappa shape index (κ3) is 5.68. The number of carbonyl (C=O) groups is 2. The summed E-state index contributed by atoms with van der Waals surface area (Å²) in [5, 5.41) is 5.49. The number of anilines is 2. The molecule has 7 nitrogen and oxygen atoms in total. The number of aromatic nitrogens is 1. The lowest BCUT2D eigenvalue weighted by atomic mass is 9.96. The molecule has 11 heteroatoms. The van der Waals surface area contributed by atoms with Gasteiger partial charge in [-0.3, -0.25) is 9.59 Å². The van der Waals surface area contributed by atoms with Gasteiger partial charge in [0.15, 0.2) is 0 Å². The number of nitrogens with zero attached hydrogens (tertiary/aromatic N) is 3. The number of morpholine rings is 1. The zero-order valence-electron chi connectivity index (χ0n) is 20.5. The molecule has 5 rings (SSSR count). The Labute approximate surface area is 222 Å². The largest absolute Gasteiger partial charge is 0.417 e. The van der Waals surface area contributed by atoms with Crippen LogP contribution in [0.2, 0.25) is 0 Å². The predicted molar refractivity (Wildman–Crippen MR) is 139 cm³/mol. The Kier molecular flexibility index (Phi) is 7.66. The van der Waals surface area contributed by atoms with Crippen molar-refractivity contribution < 1.29 is 27.5 Å². The summed E-state index contributed by atoms with van der Waals surface area (Å²) in [5.74, 6) is -0.886. The third-order valence-electron chi connectivity index (χ3n) is 6.85. The van der Waals surface area contributed by atoms with Crippen molar-refractivity contribution in [2.45, 2.75) is 24.9 Å². The molecule has 2 fully saturated rings. The highest BCUT2D eigenvalue weighted by molar-refractivity contribution is 7.10. The van der Waals surface area contributed by atoms with Gasteiger partial charge < -0.3 is 19.9 Å². The van der Waals surface area contributed by atoms with Gasteiger partial charge in [0.2, 0.25) is 0 Å². The second-order valence-electron chi connectivity index (χ2n) is 9.25. The van der Waals surface area contributed by atoms with Crippen molar-refractivity contribution in [3.8, 4) is 0 Å². The molecule has 2 amide bonds. The van der Waals surface area contributed by atoms with E-state index < -0.39 is 17.6 Å². The molecule has 0 spiro atoms. The number of alkyl halides is 3. The van der Waals surface area contributed by atoms with Gasteiger partial charge in [0.25, 0.3) is 11.8 Å². The van der Waals surface area contributed by atoms with Crippen molar-refractivity contribution in [3.05, 3.63) is 75.7 Å². The summed E-state index contributed by atoms with van der Waals surface area (Å²) in [6.45, 7) is 3.41. The molecule has 2 saturated heterocycles. The predicted octanol–water partition coefficient (Wildman–Crippen LogP) is 5.27. The van der Waals surface area contributed by atoms with E-state index in [0.717, 1.165) is 29.9 Å². The smallest absolute Gasteiger partial charge is 0.378 e. The van der Waals surface area contributed by atoms with Crippen LogP contribution in [0.4, 0.5) is 24.5 Å². The second kappa shape index (κ2) is 11.1. The van der Waals surface area contributed by atoms with Gasteiger partial charge in [-0.05, 0) is 37.1 Å². The zero-order valence-corrected chi connectivity index (χ0v) is 21.4. The summed E-state index contributed by atoms with van der Waals surface area (Å²) < 4.78 is 45.5. The molecule has 3 aromatic rings. The number of amides is 2. The number of rotatable bonds is 5. The Morgan fingerprint density at radius 1 is 0.974 bits per heavy atom. The highest BCUT2D eigenvalue weighted by atomic mass is 32.1. The number of benzene rings is 2. The minimum Gasteiger partial charge on any atom is -0.378 e. The van der Waals surface area contributed by atoms with Crippen LogP contribution in [-0.2, 0) is 10.9 Å². The van der Waals surface area contributed by atoms with Gasteiger partial charge in [0, 0.05) is 37.5 Å². The Bertz CT molecular complexity index is 1300. The van der Waals surface area contributed by atoms with E-state index in [1.807, 2.05) is 24.3 Å². The molecule has 1 aromatic heterocycles. The fourth-order valence-corrected chi connectivity index (χ4v) is 5.81. The maximum Gasteiger partial charge on any atom is 0.417 e. The monoisotopic (exact) mass is 544 g/mol. The lowest BCUT2D eigenvalue weighted by molar-refractivity contribution is -0.138. The van der Waals surface area contributed by atoms with E-state index in [9.17, 15) is 22.8 Å². The lowest BCUT2D eigenvalue weighted by Gasteiger charge is -2.31. The molecule has 38 heavy (non-hydrogen) atoms. The molecule has 0 aliphatic carbocycles. The quantitative estimate of drug-likeness (QED) is 0.474. The standard InChI is InChI=1S/C27H27F3N4O3S/c28-27(29,30)20-6-2-1-5-19(20)26(36)34-11-9-18(10-12-34)25-32-22(17-38-25)24(35)31-21-7-3-4-8-23(21)33-13-15-37-16-14-33/h1-8,17-18H,9-16H2,(H,31,35). The maximum atomic E-state index is 13.4. The molecule has 2 aliphatic heterocycles. The minimum absolute atomic E-state index is 0.0316. The Hall–Kier alpha value is -3.44. The number of likely N-dealkylation sites (tertiary alicyclic amines) is 1. The molecule has 2 aromatic carbocycles. The van der Waals surface area contributed by atoms with E-state index >= 15 is 0 Å². The molecule has 0 bridgehead atoms. The average molecular weight is 545 g/mol. The van der Waals surface area contributed by atoms with E-state index in [0.29, 0.717) is 50.5 Å². The first-order valence-corrected chi connectivity index (χ1v) is 13.3. The second-order valence-corrected chi connectivity index (χ2v) is 10.1. The van der Waals surface area contributed by atoms with Gasteiger partial charge in [-0.15, -0.1) is 11.3 Å². The van der Waals surface area contributed by atoms with Crippen molar-refractivity contribution >= 4 is 34.5 Å². The normalized spacial score (nSPS) is 16.9. The van der Waals surface area contributed by atoms with E-state index in [4.69, 9.17) is 4.74 Å². The summed E-state index contributed by atoms with van der Waals surface area (Å²) in [6.07, 6.45) is -3.46. The van der Waals surface area contributed by atoms with Crippen LogP contribution in [0.3, 0.4) is 0 Å². The number of piperidine rings is 1. The summed E-state index contributed by atoms with van der Waals surface area (Å²) in [5.41, 5.74) is 0.713. The van der Waals surface area contributed by atoms with Crippen LogP contribution < -0.4 is 10.2 Å². The van der Waals surface area contributed by atoms with Gasteiger partial charge in [-0.25, -0.2) is 4.98 Å². The van der Waals surface area contributed by atoms with Gasteiger partial charge >= 0.3 is 6.18 Å². The third-order valence-corrected chi connectivity index (χ3v) is 7.86. The van der Waals surface area contributed by atoms with Crippen LogP contribution in [0.15, 0.2) is 53.9 Å². The molecule has 1 N–H and O–H groups in total. The summed E-state index contributed by atoms with van der Waals surface area (Å²) in [7, 11) is 0. The number of ether oxygens (including phenoxy) is 1. The van der Waals surface area contributed by atoms with E-state index in [1.165, 1.54) is 34.4 Å². The zero-order chi connectivity index (χ0) is 26.7. The lowest BCUT2D eigenvalue weighted by Crippen LogP contribution is -2.38. The summed E-state index contributed by atoms with van der Waals surface area (Å²) in [6, 6.07) is 12.5. The number of nitrogens with one attached hydrogen (secondary N) is 1. The maximum absolute atomic E-state index is 13.4. The highest BCUT2D eigenvalue weighted by Crippen LogP contribution is 2.35. The molecule has 3 heterocycles. The van der Waals surface area contributed by atoms with Crippen molar-refractivity contribution in [1.82, 2.24) is 9.88 Å². The number of halogens is 3. The van der Waals surface area contributed by atoms with Crippen LogP contribution in [0.5, 0.6) is 0 Å². The Morgan fingerprint density at radius 2 is 1.66 bits per heavy atom. The van der Waals surface area contributed by atoms with Crippen molar-refractivity contribution in [2.24, 2.45) is 0 Å². The minimum atomic E-state index is -4.59. The number of hydrogen-bond acceptors (Lipinski definition) is 6. The van der Waals surface area contributed by atoms with Crippen molar-refractivity contribution in [3.63, 3.8) is 0 Å². The molecular formula is C27H27F3N4O3S. The van der Waals surface area contributed by atoms with Crippen LogP contribution in [0.1, 0.15) is 50.2 Å². The van der Waals surface area contributed by atoms with Gasteiger partial charge in [-0.1, -0.05) is 24.3 Å². The molecule has 0 unspecified atom stereocenters. The SMILES string of the molecule is O=C(Nc1ccccc1N1CCOCC1)c1csc(C2CCN(C(=O)c3ccccc3C(F)(F)F)CC2)n1. The van der Waals surface area contributed by atoms with E-state index in [-0.39, 0.29) is 17.4 Å². The van der Waals surface area contributed by atoms with Gasteiger partial charge in [0.05, 0.1) is 40.7 Å². The highest BCUT2D eigenvalue weighted by Gasteiger charge is 2.36. The van der Waals surface area contributed by atoms with Crippen LogP contribution in [0, 0.1) is 0 Å². The molecule has 2 aliphatic rings. The number of hydrogen-bond donors (Lipinski definition) is 1. The van der Waals surface area contributed by atoms with Gasteiger partial charge in [-0.2, -0.15) is 13.2 Å². The molecular weight excluding hydrogens is 517 g/mol. The number of para-hydroxylation sites is 2. The first kappa shape index (κ1) is 26.2. The summed E-state index contributed by atoms with van der Waals surface area (Å²) in [4.78, 5) is 34.1. The summed E-state index contributed by atoms with van der Waals surface area (Å²) >= 11 is 1.39. The van der Waals surface area contributed by atoms with Crippen LogP contribution >= 0.6 is 11.3 Å². The fourth-order valence-electron chi connectivity index (χ4n) is 4.84. The molecule has 0 radical (unpaired) electrons. The average Bonchev–Trinajstić information content (AvgIpc) is 3.44. The van der Waals surface area contributed by atoms with Crippen molar-refractivity contribution in [1.29, 1.82) is 0 Å². The molecule has 0 saturated carbocycles. The first-order valence-electron chi connectivity index (χ1n) is 12.5. The molecule has 0 atom stereocenters. The molecule has 200 valence electrons. The van der Waals surface area contributed by atoms with Crippen LogP contribution in [-0.4, -0.2) is 61.1 Å². The number of thiazole rings is 1. The van der Waals surface area contributed by atoms with Crippen LogP contribution in [0.25, 0.3) is 0 Å². The van der Waals surface area contributed by atoms with Gasteiger partial charge in [0.1, 0.15) is 5.69 Å².